The van der Waals surface area contributed by atoms with Crippen LogP contribution in [-0.2, 0) is 7.05 Å². The summed E-state index contributed by atoms with van der Waals surface area (Å²) in [4.78, 5) is 22.5. The van der Waals surface area contributed by atoms with Crippen LogP contribution in [0.25, 0.3) is 10.9 Å². The molecular formula is C13H13NO3. The highest BCUT2D eigenvalue weighted by molar-refractivity contribution is 6.07. The van der Waals surface area contributed by atoms with Gasteiger partial charge < -0.3 is 9.67 Å². The van der Waals surface area contributed by atoms with Gasteiger partial charge in [-0.15, -0.1) is 0 Å². The zero-order valence-corrected chi connectivity index (χ0v) is 9.94. The monoisotopic (exact) mass is 231 g/mol. The van der Waals surface area contributed by atoms with Gasteiger partial charge in [-0.1, -0.05) is 0 Å². The quantitative estimate of drug-likeness (QED) is 0.807. The van der Waals surface area contributed by atoms with Gasteiger partial charge in [0.1, 0.15) is 0 Å². The molecule has 0 aliphatic carbocycles. The Morgan fingerprint density at radius 1 is 1.29 bits per heavy atom. The summed E-state index contributed by atoms with van der Waals surface area (Å²) in [5, 5.41) is 9.82. The van der Waals surface area contributed by atoms with Gasteiger partial charge in [0.2, 0.25) is 0 Å². The molecule has 0 saturated heterocycles. The molecule has 0 aliphatic heterocycles. The number of carbonyl (C=O) groups excluding carboxylic acids is 1. The highest BCUT2D eigenvalue weighted by Crippen LogP contribution is 2.26. The van der Waals surface area contributed by atoms with Gasteiger partial charge in [-0.25, -0.2) is 4.79 Å². The van der Waals surface area contributed by atoms with Gasteiger partial charge in [0.25, 0.3) is 0 Å². The van der Waals surface area contributed by atoms with E-state index in [0.717, 1.165) is 5.52 Å². The summed E-state index contributed by atoms with van der Waals surface area (Å²) in [7, 11) is 1.82. The minimum Gasteiger partial charge on any atom is -0.478 e. The van der Waals surface area contributed by atoms with Gasteiger partial charge in [0.15, 0.2) is 5.78 Å². The highest BCUT2D eigenvalue weighted by atomic mass is 16.4. The Labute approximate surface area is 98.5 Å². The predicted octanol–water partition coefficient (Wildman–Crippen LogP) is 2.39. The number of carboxylic acid groups (broad SMARTS) is 1. The van der Waals surface area contributed by atoms with Crippen LogP contribution < -0.4 is 0 Å². The molecule has 4 nitrogen and oxygen atoms in total. The number of benzene rings is 1. The molecule has 0 aliphatic rings. The van der Waals surface area contributed by atoms with Gasteiger partial charge in [0.05, 0.1) is 5.56 Å². The third kappa shape index (κ3) is 1.62. The second-order valence-corrected chi connectivity index (χ2v) is 4.11. The lowest BCUT2D eigenvalue weighted by Crippen LogP contribution is -1.99. The summed E-state index contributed by atoms with van der Waals surface area (Å²) >= 11 is 0. The largest absolute Gasteiger partial charge is 0.478 e. The first-order chi connectivity index (χ1) is 7.93. The Hall–Kier alpha value is -2.10. The van der Waals surface area contributed by atoms with E-state index in [1.165, 1.54) is 6.92 Å². The van der Waals surface area contributed by atoms with Crippen LogP contribution in [0.4, 0.5) is 0 Å². The maximum Gasteiger partial charge on any atom is 0.338 e. The average Bonchev–Trinajstić information content (AvgIpc) is 2.51. The van der Waals surface area contributed by atoms with Crippen molar-refractivity contribution in [1.82, 2.24) is 4.57 Å². The van der Waals surface area contributed by atoms with E-state index in [-0.39, 0.29) is 11.3 Å². The van der Waals surface area contributed by atoms with Crippen molar-refractivity contribution in [2.24, 2.45) is 7.05 Å². The predicted molar refractivity (Wildman–Crippen MR) is 64.6 cm³/mol. The van der Waals surface area contributed by atoms with Gasteiger partial charge in [-0.05, 0) is 32.0 Å². The fourth-order valence-corrected chi connectivity index (χ4v) is 2.06. The molecule has 0 saturated carbocycles. The van der Waals surface area contributed by atoms with Crippen molar-refractivity contribution in [3.05, 3.63) is 35.0 Å². The smallest absolute Gasteiger partial charge is 0.338 e. The van der Waals surface area contributed by atoms with E-state index in [4.69, 9.17) is 0 Å². The number of aromatic carboxylic acids is 1. The minimum absolute atomic E-state index is 0.0651. The topological polar surface area (TPSA) is 59.3 Å². The fourth-order valence-electron chi connectivity index (χ4n) is 2.06. The van der Waals surface area contributed by atoms with E-state index in [9.17, 15) is 14.7 Å². The highest BCUT2D eigenvalue weighted by Gasteiger charge is 2.18. The normalized spacial score (nSPS) is 10.8. The summed E-state index contributed by atoms with van der Waals surface area (Å²) in [6, 6.07) is 5.15. The van der Waals surface area contributed by atoms with E-state index < -0.39 is 5.97 Å². The molecule has 0 fully saturated rings. The molecule has 0 amide bonds. The summed E-state index contributed by atoms with van der Waals surface area (Å²) in [5.74, 6) is -1.03. The van der Waals surface area contributed by atoms with E-state index in [2.05, 4.69) is 0 Å². The summed E-state index contributed by atoms with van der Waals surface area (Å²) in [6.45, 7) is 3.23. The van der Waals surface area contributed by atoms with Crippen molar-refractivity contribution in [2.75, 3.05) is 0 Å². The first-order valence-corrected chi connectivity index (χ1v) is 5.26. The van der Waals surface area contributed by atoms with Crippen molar-refractivity contribution in [2.45, 2.75) is 13.8 Å². The Kier molecular flexibility index (Phi) is 2.50. The fraction of sp³-hybridized carbons (Fsp3) is 0.231. The number of rotatable bonds is 2. The second kappa shape index (κ2) is 3.73. The molecule has 1 N–H and O–H groups in total. The molecule has 1 aromatic carbocycles. The molecule has 0 bridgehead atoms. The number of aryl methyl sites for hydroxylation is 1. The Morgan fingerprint density at radius 2 is 1.94 bits per heavy atom. The molecule has 0 unspecified atom stereocenters. The number of carboxylic acids is 1. The van der Waals surface area contributed by atoms with Crippen molar-refractivity contribution in [1.29, 1.82) is 0 Å². The molecule has 88 valence electrons. The Balaban J connectivity index is 2.88. The Bertz CT molecular complexity index is 638. The van der Waals surface area contributed by atoms with Crippen LogP contribution in [0, 0.1) is 6.92 Å². The van der Waals surface area contributed by atoms with Crippen molar-refractivity contribution < 1.29 is 14.7 Å². The third-order valence-corrected chi connectivity index (χ3v) is 3.11. The maximum absolute atomic E-state index is 11.3. The standard InChI is InChI=1S/C13H13NO3/c1-7-12(13(16)17)10-6-9(8(2)15)4-5-11(10)14(7)3/h4-6H,1-3H3,(H,16,17). The third-order valence-electron chi connectivity index (χ3n) is 3.11. The first-order valence-electron chi connectivity index (χ1n) is 5.26. The van der Waals surface area contributed by atoms with Crippen molar-refractivity contribution >= 4 is 22.7 Å². The molecule has 2 aromatic rings. The SMILES string of the molecule is CC(=O)c1ccc2c(c1)c(C(=O)O)c(C)n2C. The van der Waals surface area contributed by atoms with Crippen LogP contribution in [0.15, 0.2) is 18.2 Å². The zero-order valence-electron chi connectivity index (χ0n) is 9.94. The lowest BCUT2D eigenvalue weighted by Gasteiger charge is -1.99. The first kappa shape index (κ1) is 11.4. The number of carbonyl (C=O) groups is 2. The lowest BCUT2D eigenvalue weighted by atomic mass is 10.1. The molecule has 0 spiro atoms. The van der Waals surface area contributed by atoms with Crippen LogP contribution >= 0.6 is 0 Å². The molecule has 1 heterocycles. The average molecular weight is 231 g/mol. The number of aromatic nitrogens is 1. The van der Waals surface area contributed by atoms with Crippen LogP contribution in [-0.4, -0.2) is 21.4 Å². The molecular weight excluding hydrogens is 218 g/mol. The van der Waals surface area contributed by atoms with Crippen LogP contribution in [0.2, 0.25) is 0 Å². The second-order valence-electron chi connectivity index (χ2n) is 4.11. The number of Topliss-reactive ketones (excluding diaryl/α,β-unsaturated/α-hetero) is 1. The number of hydrogen-bond donors (Lipinski definition) is 1. The summed E-state index contributed by atoms with van der Waals surface area (Å²) < 4.78 is 1.82. The molecule has 2 rings (SSSR count). The van der Waals surface area contributed by atoms with Crippen molar-refractivity contribution in [3.63, 3.8) is 0 Å². The van der Waals surface area contributed by atoms with E-state index in [1.807, 2.05) is 11.6 Å². The van der Waals surface area contributed by atoms with Gasteiger partial charge in [-0.2, -0.15) is 0 Å². The molecule has 0 radical (unpaired) electrons. The molecule has 0 atom stereocenters. The van der Waals surface area contributed by atoms with Crippen LogP contribution in [0.1, 0.15) is 33.3 Å². The number of ketones is 1. The summed E-state index contributed by atoms with van der Waals surface area (Å²) in [5.41, 5.74) is 2.31. The minimum atomic E-state index is -0.964. The maximum atomic E-state index is 11.3. The van der Waals surface area contributed by atoms with Crippen molar-refractivity contribution in [3.8, 4) is 0 Å². The molecule has 4 heteroatoms. The number of nitrogens with zero attached hydrogens (tertiary/aromatic N) is 1. The van der Waals surface area contributed by atoms with Gasteiger partial charge in [0, 0.05) is 29.2 Å². The lowest BCUT2D eigenvalue weighted by molar-refractivity contribution is 0.0697. The molecule has 1 aromatic heterocycles. The van der Waals surface area contributed by atoms with Gasteiger partial charge >= 0.3 is 5.97 Å². The van der Waals surface area contributed by atoms with E-state index in [0.29, 0.717) is 16.6 Å². The molecule has 17 heavy (non-hydrogen) atoms. The number of hydrogen-bond acceptors (Lipinski definition) is 2. The number of fused-ring (bicyclic) bond motifs is 1. The van der Waals surface area contributed by atoms with E-state index >= 15 is 0 Å². The van der Waals surface area contributed by atoms with Crippen LogP contribution in [0.3, 0.4) is 0 Å². The Morgan fingerprint density at radius 3 is 2.47 bits per heavy atom. The zero-order chi connectivity index (χ0) is 12.7. The van der Waals surface area contributed by atoms with Crippen LogP contribution in [0.5, 0.6) is 0 Å². The van der Waals surface area contributed by atoms with Gasteiger partial charge in [-0.3, -0.25) is 4.79 Å². The van der Waals surface area contributed by atoms with E-state index in [1.54, 1.807) is 25.1 Å². The summed E-state index contributed by atoms with van der Waals surface area (Å²) in [6.07, 6.45) is 0.